The van der Waals surface area contributed by atoms with Crippen molar-refractivity contribution in [2.75, 3.05) is 0 Å². The number of alkyl halides is 15. The number of halogens is 15. The van der Waals surface area contributed by atoms with Crippen LogP contribution in [0.25, 0.3) is 0 Å². The second kappa shape index (κ2) is 6.79. The lowest BCUT2D eigenvalue weighted by Crippen LogP contribution is -2.75. The number of aliphatic carboxylic acids is 1. The van der Waals surface area contributed by atoms with Crippen LogP contribution in [-0.2, 0) is 4.79 Å². The van der Waals surface area contributed by atoms with Crippen LogP contribution in [0.5, 0.6) is 0 Å². The van der Waals surface area contributed by atoms with E-state index < -0.39 is 59.0 Å². The molecule has 0 aliphatic heterocycles. The molecule has 0 aromatic heterocycles. The standard InChI is InChI=1S/C11H5F15O4/c1-2(3(27)28)4(29,30)5(12,13)6(14,15)7(16,17)8(18,19)9(20,21)10(22,23)11(24,25)26/h29-30H,1H2,(H,27,28). The summed E-state index contributed by atoms with van der Waals surface area (Å²) in [5, 5.41) is 25.5. The molecule has 0 spiro atoms. The zero-order valence-electron chi connectivity index (χ0n) is 13.1. The summed E-state index contributed by atoms with van der Waals surface area (Å²) in [5.74, 6) is -59.1. The smallest absolute Gasteiger partial charge is 0.460 e. The van der Waals surface area contributed by atoms with Crippen molar-refractivity contribution in [1.29, 1.82) is 0 Å². The predicted molar refractivity (Wildman–Crippen MR) is 59.7 cm³/mol. The predicted octanol–water partition coefficient (Wildman–Crippen LogP) is 3.68. The molecule has 0 rings (SSSR count). The zero-order chi connectivity index (χ0) is 25.2. The number of rotatable bonds is 8. The molecule has 0 saturated heterocycles. The van der Waals surface area contributed by atoms with E-state index in [1.165, 1.54) is 0 Å². The van der Waals surface area contributed by atoms with E-state index >= 15 is 0 Å². The summed E-state index contributed by atoms with van der Waals surface area (Å²) in [4.78, 5) is 10.3. The summed E-state index contributed by atoms with van der Waals surface area (Å²) < 4.78 is 193. The van der Waals surface area contributed by atoms with Crippen molar-refractivity contribution in [3.8, 4) is 0 Å². The van der Waals surface area contributed by atoms with Crippen LogP contribution in [0.4, 0.5) is 65.9 Å². The maximum Gasteiger partial charge on any atom is 0.460 e. The summed E-state index contributed by atoms with van der Waals surface area (Å²) in [6, 6.07) is 0. The molecule has 0 amide bonds. The zero-order valence-corrected chi connectivity index (χ0v) is 13.1. The van der Waals surface area contributed by atoms with Crippen LogP contribution >= 0.6 is 0 Å². The highest BCUT2D eigenvalue weighted by atomic mass is 19.4. The fourth-order valence-corrected chi connectivity index (χ4v) is 1.52. The minimum absolute atomic E-state index is 1.81. The van der Waals surface area contributed by atoms with Crippen LogP contribution in [0.2, 0.25) is 0 Å². The number of carboxylic acids is 1. The molecule has 3 N–H and O–H groups in total. The third-order valence-corrected chi connectivity index (χ3v) is 3.44. The van der Waals surface area contributed by atoms with Crippen molar-refractivity contribution in [2.45, 2.75) is 47.5 Å². The average Bonchev–Trinajstić information content (AvgIpc) is 2.51. The van der Waals surface area contributed by atoms with E-state index in [2.05, 4.69) is 0 Å². The van der Waals surface area contributed by atoms with Gasteiger partial charge in [-0.1, -0.05) is 6.58 Å². The Morgan fingerprint density at radius 1 is 0.533 bits per heavy atom. The molecule has 0 saturated carbocycles. The van der Waals surface area contributed by atoms with Gasteiger partial charge in [-0.3, -0.25) is 0 Å². The Bertz CT molecular complexity index is 706. The fraction of sp³-hybridized carbons (Fsp3) is 0.727. The molecule has 4 nitrogen and oxygen atoms in total. The van der Waals surface area contributed by atoms with Gasteiger partial charge in [0.25, 0.3) is 5.79 Å². The molecule has 0 atom stereocenters. The number of hydrogen-bond acceptors (Lipinski definition) is 3. The van der Waals surface area contributed by atoms with E-state index in [1.807, 2.05) is 6.58 Å². The summed E-state index contributed by atoms with van der Waals surface area (Å²) >= 11 is 0. The quantitative estimate of drug-likeness (QED) is 0.278. The minimum Gasteiger partial charge on any atom is -0.478 e. The Morgan fingerprint density at radius 3 is 1.00 bits per heavy atom. The van der Waals surface area contributed by atoms with E-state index in [0.717, 1.165) is 0 Å². The maximum atomic E-state index is 13.5. The Balaban J connectivity index is 6.84. The third-order valence-electron chi connectivity index (χ3n) is 3.44. The molecule has 0 bridgehead atoms. The van der Waals surface area contributed by atoms with Gasteiger partial charge < -0.3 is 15.3 Å². The summed E-state index contributed by atoms with van der Waals surface area (Å²) in [7, 11) is 0. The van der Waals surface area contributed by atoms with Gasteiger partial charge in [0, 0.05) is 0 Å². The molecule has 178 valence electrons. The van der Waals surface area contributed by atoms with Crippen molar-refractivity contribution >= 4 is 5.97 Å². The molecule has 0 aromatic carbocycles. The summed E-state index contributed by atoms with van der Waals surface area (Å²) in [6.45, 7) is 1.81. The van der Waals surface area contributed by atoms with Gasteiger partial charge in [-0.25, -0.2) is 4.79 Å². The first-order valence-electron chi connectivity index (χ1n) is 6.31. The monoisotopic (exact) mass is 486 g/mol. The first-order chi connectivity index (χ1) is 12.6. The SMILES string of the molecule is C=C(C(=O)O)C(O)(O)C(F)(F)C(F)(F)C(F)(F)C(F)(F)C(F)(F)C(F)(F)C(F)(F)F. The molecule has 0 aliphatic rings. The van der Waals surface area contributed by atoms with Crippen molar-refractivity contribution in [3.05, 3.63) is 12.2 Å². The highest BCUT2D eigenvalue weighted by Crippen LogP contribution is 2.63. The van der Waals surface area contributed by atoms with Gasteiger partial charge in [0.05, 0.1) is 5.57 Å². The van der Waals surface area contributed by atoms with Crippen LogP contribution in [0.1, 0.15) is 0 Å². The maximum absolute atomic E-state index is 13.5. The van der Waals surface area contributed by atoms with Gasteiger partial charge in [-0.05, 0) is 0 Å². The minimum atomic E-state index is -8.65. The number of aliphatic hydroxyl groups is 2. The lowest BCUT2D eigenvalue weighted by molar-refractivity contribution is -0.466. The van der Waals surface area contributed by atoms with Crippen LogP contribution in [0.3, 0.4) is 0 Å². The molecular weight excluding hydrogens is 481 g/mol. The molecule has 19 heteroatoms. The van der Waals surface area contributed by atoms with E-state index in [-0.39, 0.29) is 0 Å². The highest BCUT2D eigenvalue weighted by Gasteiger charge is 2.95. The first kappa shape index (κ1) is 28.1. The summed E-state index contributed by atoms with van der Waals surface area (Å²) in [5.41, 5.74) is -2.93. The fourth-order valence-electron chi connectivity index (χ4n) is 1.52. The lowest BCUT2D eigenvalue weighted by Gasteiger charge is -2.43. The summed E-state index contributed by atoms with van der Waals surface area (Å²) in [6.07, 6.45) is -7.79. The van der Waals surface area contributed by atoms with Crippen molar-refractivity contribution in [3.63, 3.8) is 0 Å². The number of carbonyl (C=O) groups is 1. The Labute approximate surface area is 153 Å². The molecule has 0 heterocycles. The molecule has 0 unspecified atom stereocenters. The molecule has 30 heavy (non-hydrogen) atoms. The largest absolute Gasteiger partial charge is 0.478 e. The molecule has 0 aliphatic carbocycles. The normalized spacial score (nSPS) is 15.9. The van der Waals surface area contributed by atoms with Gasteiger partial charge >= 0.3 is 47.7 Å². The molecule has 0 aromatic rings. The Morgan fingerprint density at radius 2 is 0.767 bits per heavy atom. The number of hydrogen-bond donors (Lipinski definition) is 3. The van der Waals surface area contributed by atoms with E-state index in [9.17, 15) is 70.7 Å². The van der Waals surface area contributed by atoms with Crippen LogP contribution in [-0.4, -0.2) is 68.8 Å². The van der Waals surface area contributed by atoms with Crippen molar-refractivity contribution in [2.24, 2.45) is 0 Å². The Kier molecular flexibility index (Phi) is 6.36. The highest BCUT2D eigenvalue weighted by molar-refractivity contribution is 5.88. The topological polar surface area (TPSA) is 77.8 Å². The van der Waals surface area contributed by atoms with Gasteiger partial charge in [0.15, 0.2) is 0 Å². The van der Waals surface area contributed by atoms with Gasteiger partial charge in [0.2, 0.25) is 0 Å². The van der Waals surface area contributed by atoms with Crippen molar-refractivity contribution in [1.82, 2.24) is 0 Å². The van der Waals surface area contributed by atoms with Crippen LogP contribution in [0, 0.1) is 0 Å². The third kappa shape index (κ3) is 3.25. The molecule has 0 radical (unpaired) electrons. The van der Waals surface area contributed by atoms with Gasteiger partial charge in [-0.2, -0.15) is 65.9 Å². The van der Waals surface area contributed by atoms with Crippen molar-refractivity contribution < 1.29 is 86.0 Å². The second-order valence-electron chi connectivity index (χ2n) is 5.40. The second-order valence-corrected chi connectivity index (χ2v) is 5.40. The van der Waals surface area contributed by atoms with E-state index in [4.69, 9.17) is 15.3 Å². The van der Waals surface area contributed by atoms with E-state index in [0.29, 0.717) is 0 Å². The first-order valence-corrected chi connectivity index (χ1v) is 6.31. The van der Waals surface area contributed by atoms with Gasteiger partial charge in [-0.15, -0.1) is 0 Å². The molecular formula is C11H5F15O4. The Hall–Kier alpha value is -1.92. The van der Waals surface area contributed by atoms with Crippen LogP contribution in [0.15, 0.2) is 12.2 Å². The van der Waals surface area contributed by atoms with E-state index in [1.54, 1.807) is 0 Å². The van der Waals surface area contributed by atoms with Crippen LogP contribution < -0.4 is 0 Å². The average molecular weight is 486 g/mol. The number of carboxylic acid groups (broad SMARTS) is 1. The molecule has 0 fully saturated rings. The van der Waals surface area contributed by atoms with Gasteiger partial charge in [0.1, 0.15) is 0 Å². The lowest BCUT2D eigenvalue weighted by atomic mass is 9.86.